The van der Waals surface area contributed by atoms with Gasteiger partial charge in [0, 0.05) is 6.08 Å². The second-order valence-electron chi connectivity index (χ2n) is 3.51. The molecule has 0 atom stereocenters. The Balaban J connectivity index is 3.39. The monoisotopic (exact) mass is 273 g/mol. The number of benzene rings is 1. The third-order valence-corrected chi connectivity index (χ3v) is 2.05. The number of hydrogen-bond donors (Lipinski definition) is 1. The third kappa shape index (κ3) is 4.02. The Morgan fingerprint density at radius 1 is 1.53 bits per heavy atom. The smallest absolute Gasteiger partial charge is 0.387 e. The molecule has 0 bridgehead atoms. The van der Waals surface area contributed by atoms with Crippen LogP contribution in [0.15, 0.2) is 18.2 Å². The molecule has 0 aliphatic heterocycles. The summed E-state index contributed by atoms with van der Waals surface area (Å²) in [6, 6.07) is 2.39. The molecule has 0 fully saturated rings. The number of alkyl halides is 2. The van der Waals surface area contributed by atoms with Crippen molar-refractivity contribution in [3.05, 3.63) is 39.4 Å². The topological polar surface area (TPSA) is 89.7 Å². The van der Waals surface area contributed by atoms with Crippen LogP contribution in [0.3, 0.4) is 0 Å². The molecule has 19 heavy (non-hydrogen) atoms. The van der Waals surface area contributed by atoms with Crippen molar-refractivity contribution in [1.82, 2.24) is 0 Å². The van der Waals surface area contributed by atoms with Gasteiger partial charge in [-0.05, 0) is 30.7 Å². The number of carboxylic acid groups (broad SMARTS) is 1. The molecule has 0 spiro atoms. The van der Waals surface area contributed by atoms with Crippen LogP contribution in [0.25, 0.3) is 6.08 Å². The lowest BCUT2D eigenvalue weighted by Crippen LogP contribution is -2.06. The Bertz CT molecular complexity index is 542. The number of nitro groups is 1. The van der Waals surface area contributed by atoms with E-state index in [2.05, 4.69) is 4.74 Å². The molecule has 0 unspecified atom stereocenters. The summed E-state index contributed by atoms with van der Waals surface area (Å²) in [5, 5.41) is 19.4. The molecule has 1 rings (SSSR count). The van der Waals surface area contributed by atoms with Crippen LogP contribution in [-0.2, 0) is 4.79 Å². The SMILES string of the molecule is Cc1cc(/C=C/C(=O)O)c([N+](=O)[O-])c(OC(F)F)c1. The maximum atomic E-state index is 12.2. The van der Waals surface area contributed by atoms with E-state index in [1.165, 1.54) is 13.0 Å². The number of ether oxygens (including phenoxy) is 1. The van der Waals surface area contributed by atoms with Crippen molar-refractivity contribution >= 4 is 17.7 Å². The standard InChI is InChI=1S/C11H9F2NO5/c1-6-4-7(2-3-9(15)16)10(14(17)18)8(5-6)19-11(12)13/h2-5,11H,1H3,(H,15,16)/b3-2+. The predicted octanol–water partition coefficient (Wildman–Crippen LogP) is 2.60. The Morgan fingerprint density at radius 2 is 2.16 bits per heavy atom. The average molecular weight is 273 g/mol. The number of rotatable bonds is 5. The number of halogens is 2. The molecule has 0 aromatic heterocycles. The lowest BCUT2D eigenvalue weighted by molar-refractivity contribution is -0.386. The normalized spacial score (nSPS) is 10.9. The molecule has 0 radical (unpaired) electrons. The molecule has 8 heteroatoms. The van der Waals surface area contributed by atoms with Crippen LogP contribution < -0.4 is 4.74 Å². The third-order valence-electron chi connectivity index (χ3n) is 2.05. The van der Waals surface area contributed by atoms with E-state index in [1.807, 2.05) is 0 Å². The second kappa shape index (κ2) is 5.89. The van der Waals surface area contributed by atoms with E-state index >= 15 is 0 Å². The van der Waals surface area contributed by atoms with Crippen molar-refractivity contribution in [3.8, 4) is 5.75 Å². The van der Waals surface area contributed by atoms with Crippen LogP contribution in [0, 0.1) is 17.0 Å². The highest BCUT2D eigenvalue weighted by molar-refractivity contribution is 5.86. The van der Waals surface area contributed by atoms with Gasteiger partial charge >= 0.3 is 18.3 Å². The molecule has 1 aromatic carbocycles. The lowest BCUT2D eigenvalue weighted by atomic mass is 10.1. The van der Waals surface area contributed by atoms with Crippen LogP contribution in [0.1, 0.15) is 11.1 Å². The summed E-state index contributed by atoms with van der Waals surface area (Å²) < 4.78 is 28.4. The van der Waals surface area contributed by atoms with Crippen molar-refractivity contribution in [1.29, 1.82) is 0 Å². The zero-order chi connectivity index (χ0) is 14.6. The van der Waals surface area contributed by atoms with E-state index in [9.17, 15) is 23.7 Å². The lowest BCUT2D eigenvalue weighted by Gasteiger charge is -2.08. The first-order valence-corrected chi connectivity index (χ1v) is 4.96. The summed E-state index contributed by atoms with van der Waals surface area (Å²) in [6.45, 7) is -1.70. The highest BCUT2D eigenvalue weighted by Crippen LogP contribution is 2.34. The van der Waals surface area contributed by atoms with Gasteiger partial charge in [0.25, 0.3) is 0 Å². The number of carboxylic acids is 1. The van der Waals surface area contributed by atoms with Crippen LogP contribution in [0.4, 0.5) is 14.5 Å². The summed E-state index contributed by atoms with van der Waals surface area (Å²) in [5.74, 6) is -1.92. The van der Waals surface area contributed by atoms with E-state index in [-0.39, 0.29) is 5.56 Å². The van der Waals surface area contributed by atoms with Crippen LogP contribution in [0.5, 0.6) is 5.75 Å². The van der Waals surface area contributed by atoms with E-state index < -0.39 is 28.9 Å². The van der Waals surface area contributed by atoms with E-state index in [0.717, 1.165) is 12.1 Å². The van der Waals surface area contributed by atoms with Crippen molar-refractivity contribution in [2.75, 3.05) is 0 Å². The first kappa shape index (κ1) is 14.6. The van der Waals surface area contributed by atoms with Gasteiger partial charge in [0.2, 0.25) is 5.75 Å². The molecule has 102 valence electrons. The number of hydrogen-bond acceptors (Lipinski definition) is 4. The van der Waals surface area contributed by atoms with Crippen molar-refractivity contribution in [2.24, 2.45) is 0 Å². The summed E-state index contributed by atoms with van der Waals surface area (Å²) in [6.07, 6.45) is 1.62. The molecular weight excluding hydrogens is 264 g/mol. The van der Waals surface area contributed by atoms with Crippen molar-refractivity contribution in [2.45, 2.75) is 13.5 Å². The number of nitrogens with zero attached hydrogens (tertiary/aromatic N) is 1. The van der Waals surface area contributed by atoms with Crippen LogP contribution in [-0.4, -0.2) is 22.6 Å². The molecule has 1 N–H and O–H groups in total. The van der Waals surface area contributed by atoms with Gasteiger partial charge in [-0.15, -0.1) is 0 Å². The van der Waals surface area contributed by atoms with Crippen LogP contribution in [0.2, 0.25) is 0 Å². The minimum absolute atomic E-state index is 0.122. The molecule has 0 saturated carbocycles. The number of nitro benzene ring substituents is 1. The Labute approximate surface area is 106 Å². The zero-order valence-electron chi connectivity index (χ0n) is 9.67. The molecule has 0 heterocycles. The second-order valence-corrected chi connectivity index (χ2v) is 3.51. The minimum Gasteiger partial charge on any atom is -0.478 e. The highest BCUT2D eigenvalue weighted by atomic mass is 19.3. The van der Waals surface area contributed by atoms with Gasteiger partial charge in [0.05, 0.1) is 10.5 Å². The number of aliphatic carboxylic acids is 1. The maximum absolute atomic E-state index is 12.2. The molecular formula is C11H9F2NO5. The maximum Gasteiger partial charge on any atom is 0.387 e. The summed E-state index contributed by atoms with van der Waals surface area (Å²) in [7, 11) is 0. The predicted molar refractivity (Wildman–Crippen MR) is 61.1 cm³/mol. The quantitative estimate of drug-likeness (QED) is 0.506. The van der Waals surface area contributed by atoms with Gasteiger partial charge in [-0.2, -0.15) is 8.78 Å². The summed E-state index contributed by atoms with van der Waals surface area (Å²) in [4.78, 5) is 20.4. The Kier molecular flexibility index (Phi) is 4.51. The van der Waals surface area contributed by atoms with Gasteiger partial charge in [-0.3, -0.25) is 10.1 Å². The summed E-state index contributed by atoms with van der Waals surface area (Å²) >= 11 is 0. The fraction of sp³-hybridized carbons (Fsp3) is 0.182. The van der Waals surface area contributed by atoms with Crippen molar-refractivity contribution < 1.29 is 28.3 Å². The highest BCUT2D eigenvalue weighted by Gasteiger charge is 2.23. The first-order valence-electron chi connectivity index (χ1n) is 4.96. The van der Waals surface area contributed by atoms with E-state index in [0.29, 0.717) is 11.6 Å². The first-order chi connectivity index (χ1) is 8.81. The number of carbonyl (C=O) groups is 1. The largest absolute Gasteiger partial charge is 0.478 e. The van der Waals surface area contributed by atoms with Gasteiger partial charge < -0.3 is 9.84 Å². The Hall–Kier alpha value is -2.51. The molecule has 6 nitrogen and oxygen atoms in total. The Morgan fingerprint density at radius 3 is 2.63 bits per heavy atom. The molecule has 0 aliphatic rings. The van der Waals surface area contributed by atoms with Crippen LogP contribution >= 0.6 is 0 Å². The zero-order valence-corrected chi connectivity index (χ0v) is 9.67. The van der Waals surface area contributed by atoms with Crippen molar-refractivity contribution in [3.63, 3.8) is 0 Å². The minimum atomic E-state index is -3.21. The molecule has 0 aliphatic carbocycles. The van der Waals surface area contributed by atoms with E-state index in [4.69, 9.17) is 5.11 Å². The number of aryl methyl sites for hydroxylation is 1. The van der Waals surface area contributed by atoms with Gasteiger partial charge in [-0.1, -0.05) is 0 Å². The molecule has 0 saturated heterocycles. The summed E-state index contributed by atoms with van der Waals surface area (Å²) in [5.41, 5.74) is -0.405. The van der Waals surface area contributed by atoms with Gasteiger partial charge in [0.15, 0.2) is 0 Å². The average Bonchev–Trinajstić information content (AvgIpc) is 2.23. The molecule has 0 amide bonds. The fourth-order valence-electron chi connectivity index (χ4n) is 1.44. The van der Waals surface area contributed by atoms with E-state index in [1.54, 1.807) is 0 Å². The van der Waals surface area contributed by atoms with Gasteiger partial charge in [0.1, 0.15) is 0 Å². The molecule has 1 aromatic rings. The van der Waals surface area contributed by atoms with Gasteiger partial charge in [-0.25, -0.2) is 4.79 Å². The fourth-order valence-corrected chi connectivity index (χ4v) is 1.44.